The molecule has 0 atom stereocenters. The van der Waals surface area contributed by atoms with Gasteiger partial charge in [-0.25, -0.2) is 4.98 Å². The quantitative estimate of drug-likeness (QED) is 0.712. The molecule has 0 spiro atoms. The lowest BCUT2D eigenvalue weighted by Crippen LogP contribution is -2.28. The van der Waals surface area contributed by atoms with E-state index in [9.17, 15) is 13.2 Å². The van der Waals surface area contributed by atoms with Crippen molar-refractivity contribution in [3.63, 3.8) is 0 Å². The van der Waals surface area contributed by atoms with E-state index in [2.05, 4.69) is 20.3 Å². The number of nitrogens with zero attached hydrogens (tertiary/aromatic N) is 4. The predicted octanol–water partition coefficient (Wildman–Crippen LogP) is 4.50. The number of fused-ring (bicyclic) bond motifs is 1. The number of pyridine rings is 1. The van der Waals surface area contributed by atoms with Crippen LogP contribution in [0.4, 0.5) is 24.9 Å². The van der Waals surface area contributed by atoms with Crippen molar-refractivity contribution in [2.24, 2.45) is 0 Å². The molecule has 0 saturated carbocycles. The average molecular weight is 375 g/mol. The zero-order valence-electron chi connectivity index (χ0n) is 15.2. The summed E-state index contributed by atoms with van der Waals surface area (Å²) in [5.74, 6) is 0.912. The Balaban J connectivity index is 1.98. The van der Waals surface area contributed by atoms with Crippen LogP contribution in [0.25, 0.3) is 11.0 Å². The third-order valence-corrected chi connectivity index (χ3v) is 4.32. The molecule has 3 rings (SSSR count). The Morgan fingerprint density at radius 3 is 2.52 bits per heavy atom. The Bertz CT molecular complexity index is 940. The van der Waals surface area contributed by atoms with Crippen molar-refractivity contribution in [3.8, 4) is 0 Å². The number of hydrogen-bond donors (Lipinski definition) is 1. The summed E-state index contributed by atoms with van der Waals surface area (Å²) in [4.78, 5) is 15.1. The zero-order valence-corrected chi connectivity index (χ0v) is 15.2. The van der Waals surface area contributed by atoms with E-state index in [1.807, 2.05) is 25.8 Å². The Labute approximate surface area is 155 Å². The number of halogens is 3. The molecule has 1 N–H and O–H groups in total. The van der Waals surface area contributed by atoms with Gasteiger partial charge >= 0.3 is 6.18 Å². The van der Waals surface area contributed by atoms with E-state index < -0.39 is 11.7 Å². The van der Waals surface area contributed by atoms with Gasteiger partial charge in [-0.3, -0.25) is 0 Å². The highest BCUT2D eigenvalue weighted by Crippen LogP contribution is 2.32. The summed E-state index contributed by atoms with van der Waals surface area (Å²) in [5.41, 5.74) is -0.0190. The van der Waals surface area contributed by atoms with Gasteiger partial charge in [0, 0.05) is 25.8 Å². The van der Waals surface area contributed by atoms with E-state index in [0.29, 0.717) is 22.8 Å². The number of nitrogens with one attached hydrogen (secondary N) is 1. The first kappa shape index (κ1) is 18.9. The van der Waals surface area contributed by atoms with Crippen molar-refractivity contribution in [1.29, 1.82) is 0 Å². The van der Waals surface area contributed by atoms with Crippen molar-refractivity contribution >= 4 is 22.8 Å². The molecule has 0 unspecified atom stereocenters. The van der Waals surface area contributed by atoms with Crippen molar-refractivity contribution in [2.45, 2.75) is 32.6 Å². The topological polar surface area (TPSA) is 53.9 Å². The number of aromatic nitrogens is 3. The first-order valence-corrected chi connectivity index (χ1v) is 8.52. The highest BCUT2D eigenvalue weighted by atomic mass is 19.4. The lowest BCUT2D eigenvalue weighted by molar-refractivity contribution is -0.138. The van der Waals surface area contributed by atoms with Crippen LogP contribution in [0.15, 0.2) is 42.6 Å². The van der Waals surface area contributed by atoms with Crippen LogP contribution in [0, 0.1) is 0 Å². The summed E-state index contributed by atoms with van der Waals surface area (Å²) in [7, 11) is 1.86. The van der Waals surface area contributed by atoms with Gasteiger partial charge < -0.3 is 10.2 Å². The van der Waals surface area contributed by atoms with Crippen molar-refractivity contribution in [2.75, 3.05) is 17.3 Å². The van der Waals surface area contributed by atoms with E-state index >= 15 is 0 Å². The second-order valence-electron chi connectivity index (χ2n) is 6.46. The summed E-state index contributed by atoms with van der Waals surface area (Å²) in [6.45, 7) is 3.98. The van der Waals surface area contributed by atoms with Crippen molar-refractivity contribution < 1.29 is 13.2 Å². The molecule has 0 aliphatic heterocycles. The standard InChI is InChI=1S/C19H20F3N5/c1-12(2)27(3)18-25-16-14(8-6-10-23-16)17(26-18)24-11-13-7-4-5-9-15(13)19(20,21)22/h4-10,12H,11H2,1-3H3,(H,23,24,25,26). The van der Waals surface area contributed by atoms with Crippen molar-refractivity contribution in [1.82, 2.24) is 15.0 Å². The minimum Gasteiger partial charge on any atom is -0.365 e. The van der Waals surface area contributed by atoms with Gasteiger partial charge in [0.2, 0.25) is 5.95 Å². The zero-order chi connectivity index (χ0) is 19.6. The fraction of sp³-hybridized carbons (Fsp3) is 0.316. The number of rotatable bonds is 5. The molecule has 0 amide bonds. The molecule has 3 aromatic rings. The molecule has 0 aliphatic carbocycles. The predicted molar refractivity (Wildman–Crippen MR) is 99.6 cm³/mol. The lowest BCUT2D eigenvalue weighted by atomic mass is 10.1. The van der Waals surface area contributed by atoms with Crippen LogP contribution >= 0.6 is 0 Å². The fourth-order valence-corrected chi connectivity index (χ4v) is 2.60. The minimum absolute atomic E-state index is 0.0124. The van der Waals surface area contributed by atoms with E-state index in [0.717, 1.165) is 6.07 Å². The smallest absolute Gasteiger partial charge is 0.365 e. The first-order valence-electron chi connectivity index (χ1n) is 8.52. The first-order chi connectivity index (χ1) is 12.8. The molecule has 8 heteroatoms. The molecule has 5 nitrogen and oxygen atoms in total. The SMILES string of the molecule is CC(C)N(C)c1nc(NCc2ccccc2C(F)(F)F)c2cccnc2n1. The monoisotopic (exact) mass is 375 g/mol. The fourth-order valence-electron chi connectivity index (χ4n) is 2.60. The summed E-state index contributed by atoms with van der Waals surface area (Å²) >= 11 is 0. The van der Waals surface area contributed by atoms with Crippen molar-refractivity contribution in [3.05, 3.63) is 53.7 Å². The molecule has 2 heterocycles. The summed E-state index contributed by atoms with van der Waals surface area (Å²) < 4.78 is 39.6. The maximum atomic E-state index is 13.2. The van der Waals surface area contributed by atoms with Crippen LogP contribution in [-0.2, 0) is 12.7 Å². The van der Waals surface area contributed by atoms with Crippen LogP contribution in [0.5, 0.6) is 0 Å². The third kappa shape index (κ3) is 4.10. The molecule has 27 heavy (non-hydrogen) atoms. The largest absolute Gasteiger partial charge is 0.416 e. The van der Waals surface area contributed by atoms with Gasteiger partial charge in [-0.05, 0) is 37.6 Å². The van der Waals surface area contributed by atoms with Gasteiger partial charge in [0.1, 0.15) is 5.82 Å². The molecule has 2 aromatic heterocycles. The summed E-state index contributed by atoms with van der Waals surface area (Å²) in [6.07, 6.45) is -2.78. The second kappa shape index (κ2) is 7.38. The van der Waals surface area contributed by atoms with Gasteiger partial charge in [-0.1, -0.05) is 18.2 Å². The second-order valence-corrected chi connectivity index (χ2v) is 6.46. The van der Waals surface area contributed by atoms with Crippen LogP contribution in [0.1, 0.15) is 25.0 Å². The van der Waals surface area contributed by atoms with Gasteiger partial charge in [-0.15, -0.1) is 0 Å². The summed E-state index contributed by atoms with van der Waals surface area (Å²) in [6, 6.07) is 9.19. The molecule has 0 bridgehead atoms. The minimum atomic E-state index is -4.41. The average Bonchev–Trinajstić information content (AvgIpc) is 2.64. The number of hydrogen-bond acceptors (Lipinski definition) is 5. The van der Waals surface area contributed by atoms with Crippen LogP contribution in [-0.4, -0.2) is 28.0 Å². The molecule has 0 saturated heterocycles. The molecule has 0 aliphatic rings. The maximum absolute atomic E-state index is 13.2. The normalized spacial score (nSPS) is 11.8. The van der Waals surface area contributed by atoms with Gasteiger partial charge in [0.25, 0.3) is 0 Å². The Hall–Kier alpha value is -2.90. The molecule has 0 radical (unpaired) electrons. The highest BCUT2D eigenvalue weighted by molar-refractivity contribution is 5.87. The maximum Gasteiger partial charge on any atom is 0.416 e. The molecular weight excluding hydrogens is 355 g/mol. The Morgan fingerprint density at radius 2 is 1.81 bits per heavy atom. The third-order valence-electron chi connectivity index (χ3n) is 4.32. The highest BCUT2D eigenvalue weighted by Gasteiger charge is 2.32. The van der Waals surface area contributed by atoms with Gasteiger partial charge in [0.05, 0.1) is 10.9 Å². The van der Waals surface area contributed by atoms with E-state index in [4.69, 9.17) is 0 Å². The van der Waals surface area contributed by atoms with Gasteiger partial charge in [0.15, 0.2) is 5.65 Å². The number of benzene rings is 1. The molecular formula is C19H20F3N5. The Morgan fingerprint density at radius 1 is 1.07 bits per heavy atom. The van der Waals surface area contributed by atoms with Gasteiger partial charge in [-0.2, -0.15) is 23.1 Å². The Kier molecular flexibility index (Phi) is 5.16. The van der Waals surface area contributed by atoms with Crippen LogP contribution < -0.4 is 10.2 Å². The van der Waals surface area contributed by atoms with E-state index in [-0.39, 0.29) is 18.2 Å². The van der Waals surface area contributed by atoms with E-state index in [1.165, 1.54) is 12.1 Å². The lowest BCUT2D eigenvalue weighted by Gasteiger charge is -2.22. The molecule has 1 aromatic carbocycles. The van der Waals surface area contributed by atoms with Crippen LogP contribution in [0.3, 0.4) is 0 Å². The van der Waals surface area contributed by atoms with Crippen LogP contribution in [0.2, 0.25) is 0 Å². The molecule has 0 fully saturated rings. The summed E-state index contributed by atoms with van der Waals surface area (Å²) in [5, 5.41) is 3.69. The van der Waals surface area contributed by atoms with E-state index in [1.54, 1.807) is 24.4 Å². The molecule has 142 valence electrons. The number of anilines is 2. The number of alkyl halides is 3.